The van der Waals surface area contributed by atoms with Crippen LogP contribution in [0.15, 0.2) is 42.5 Å². The molecular formula is C21H17F3N2O4. The van der Waals surface area contributed by atoms with Gasteiger partial charge in [-0.15, -0.1) is 0 Å². The number of benzene rings is 2. The highest BCUT2D eigenvalue weighted by atomic mass is 19.4. The molecule has 0 saturated carbocycles. The van der Waals surface area contributed by atoms with Crippen LogP contribution in [0.2, 0.25) is 0 Å². The molecule has 0 aliphatic carbocycles. The van der Waals surface area contributed by atoms with Crippen LogP contribution in [0.4, 0.5) is 18.9 Å². The maximum absolute atomic E-state index is 12.7. The summed E-state index contributed by atoms with van der Waals surface area (Å²) in [6.45, 7) is 0.765. The van der Waals surface area contributed by atoms with Gasteiger partial charge in [-0.05, 0) is 55.3 Å². The van der Waals surface area contributed by atoms with E-state index in [0.29, 0.717) is 6.61 Å². The topological polar surface area (TPSA) is 75.7 Å². The normalized spacial score (nSPS) is 18.6. The van der Waals surface area contributed by atoms with Crippen molar-refractivity contribution in [1.29, 1.82) is 0 Å². The zero-order valence-electron chi connectivity index (χ0n) is 15.7. The number of carbonyl (C=O) groups excluding carboxylic acids is 3. The first-order valence-corrected chi connectivity index (χ1v) is 9.34. The standard InChI is InChI=1S/C21H17F3N2O4/c22-21(23,24)13-4-6-14(7-5-13)25-18(27)12-3-8-16-17(10-12)20(29)26(19(16)28)11-15-2-1-9-30-15/h3-8,10,15H,1-2,9,11H2,(H,25,27)/t15-/m0/s1. The van der Waals surface area contributed by atoms with E-state index >= 15 is 0 Å². The van der Waals surface area contributed by atoms with E-state index in [1.54, 1.807) is 0 Å². The van der Waals surface area contributed by atoms with Gasteiger partial charge in [-0.2, -0.15) is 13.2 Å². The van der Waals surface area contributed by atoms with E-state index in [1.807, 2.05) is 0 Å². The van der Waals surface area contributed by atoms with Crippen LogP contribution in [0, 0.1) is 0 Å². The number of imide groups is 1. The van der Waals surface area contributed by atoms with Crippen molar-refractivity contribution in [3.8, 4) is 0 Å². The summed E-state index contributed by atoms with van der Waals surface area (Å²) in [7, 11) is 0. The lowest BCUT2D eigenvalue weighted by molar-refractivity contribution is -0.137. The van der Waals surface area contributed by atoms with E-state index in [0.717, 1.165) is 42.0 Å². The highest BCUT2D eigenvalue weighted by molar-refractivity contribution is 6.22. The Morgan fingerprint density at radius 1 is 1.07 bits per heavy atom. The molecule has 0 bridgehead atoms. The molecule has 2 heterocycles. The first-order valence-electron chi connectivity index (χ1n) is 9.34. The summed E-state index contributed by atoms with van der Waals surface area (Å²) < 4.78 is 43.4. The summed E-state index contributed by atoms with van der Waals surface area (Å²) in [4.78, 5) is 38.8. The number of carbonyl (C=O) groups is 3. The molecular weight excluding hydrogens is 401 g/mol. The van der Waals surface area contributed by atoms with Crippen LogP contribution in [0.3, 0.4) is 0 Å². The number of amides is 3. The van der Waals surface area contributed by atoms with Gasteiger partial charge in [0.05, 0.1) is 29.3 Å². The van der Waals surface area contributed by atoms with Crippen molar-refractivity contribution < 1.29 is 32.3 Å². The fraction of sp³-hybridized carbons (Fsp3) is 0.286. The molecule has 2 aromatic rings. The van der Waals surface area contributed by atoms with Crippen molar-refractivity contribution in [2.75, 3.05) is 18.5 Å². The second-order valence-electron chi connectivity index (χ2n) is 7.15. The fourth-order valence-electron chi connectivity index (χ4n) is 3.54. The van der Waals surface area contributed by atoms with Crippen molar-refractivity contribution in [3.05, 3.63) is 64.7 Å². The summed E-state index contributed by atoms with van der Waals surface area (Å²) in [5.41, 5.74) is -0.194. The van der Waals surface area contributed by atoms with Crippen molar-refractivity contribution in [1.82, 2.24) is 4.90 Å². The van der Waals surface area contributed by atoms with Crippen molar-refractivity contribution >= 4 is 23.4 Å². The van der Waals surface area contributed by atoms with Gasteiger partial charge in [-0.1, -0.05) is 0 Å². The monoisotopic (exact) mass is 418 g/mol. The van der Waals surface area contributed by atoms with E-state index in [9.17, 15) is 27.6 Å². The average Bonchev–Trinajstić information content (AvgIpc) is 3.30. The number of fused-ring (bicyclic) bond motifs is 1. The van der Waals surface area contributed by atoms with Crippen LogP contribution in [-0.4, -0.2) is 41.9 Å². The number of rotatable bonds is 4. The Hall–Kier alpha value is -3.20. The lowest BCUT2D eigenvalue weighted by Crippen LogP contribution is -2.36. The largest absolute Gasteiger partial charge is 0.416 e. The number of hydrogen-bond donors (Lipinski definition) is 1. The Morgan fingerprint density at radius 2 is 1.77 bits per heavy atom. The summed E-state index contributed by atoms with van der Waals surface area (Å²) >= 11 is 0. The SMILES string of the molecule is O=C(Nc1ccc(C(F)(F)F)cc1)c1ccc2c(c1)C(=O)N(C[C@@H]1CCCO1)C2=O. The molecule has 1 saturated heterocycles. The van der Waals surface area contributed by atoms with Gasteiger partial charge >= 0.3 is 6.18 Å². The molecule has 2 aliphatic heterocycles. The lowest BCUT2D eigenvalue weighted by atomic mass is 10.1. The Bertz CT molecular complexity index is 1010. The molecule has 30 heavy (non-hydrogen) atoms. The highest BCUT2D eigenvalue weighted by Crippen LogP contribution is 2.30. The van der Waals surface area contributed by atoms with Crippen molar-refractivity contribution in [2.45, 2.75) is 25.1 Å². The summed E-state index contributed by atoms with van der Waals surface area (Å²) in [5.74, 6) is -1.52. The Morgan fingerprint density at radius 3 is 2.40 bits per heavy atom. The Kier molecular flexibility index (Phi) is 5.07. The van der Waals surface area contributed by atoms with Crippen molar-refractivity contribution in [2.24, 2.45) is 0 Å². The molecule has 4 rings (SSSR count). The van der Waals surface area contributed by atoms with E-state index < -0.39 is 29.5 Å². The van der Waals surface area contributed by atoms with Gasteiger partial charge < -0.3 is 10.1 Å². The molecule has 6 nitrogen and oxygen atoms in total. The first-order chi connectivity index (χ1) is 14.2. The zero-order valence-corrected chi connectivity index (χ0v) is 15.7. The third-order valence-electron chi connectivity index (χ3n) is 5.11. The number of anilines is 1. The van der Waals surface area contributed by atoms with Gasteiger partial charge in [-0.3, -0.25) is 19.3 Å². The molecule has 1 fully saturated rings. The number of ether oxygens (including phenoxy) is 1. The highest BCUT2D eigenvalue weighted by Gasteiger charge is 2.38. The number of nitrogens with one attached hydrogen (secondary N) is 1. The molecule has 1 atom stereocenters. The third-order valence-corrected chi connectivity index (χ3v) is 5.11. The van der Waals surface area contributed by atoms with E-state index in [1.165, 1.54) is 18.2 Å². The summed E-state index contributed by atoms with van der Waals surface area (Å²) in [5, 5.41) is 2.49. The quantitative estimate of drug-likeness (QED) is 0.768. The fourth-order valence-corrected chi connectivity index (χ4v) is 3.54. The van der Waals surface area contributed by atoms with Crippen LogP contribution in [-0.2, 0) is 10.9 Å². The Balaban J connectivity index is 1.49. The number of alkyl halides is 3. The minimum atomic E-state index is -4.47. The molecule has 2 aliphatic rings. The van der Waals surface area contributed by atoms with Crippen LogP contribution < -0.4 is 5.32 Å². The number of hydrogen-bond acceptors (Lipinski definition) is 4. The van der Waals surface area contributed by atoms with Crippen LogP contribution in [0.1, 0.15) is 49.5 Å². The zero-order chi connectivity index (χ0) is 21.5. The van der Waals surface area contributed by atoms with Crippen LogP contribution in [0.25, 0.3) is 0 Å². The molecule has 1 N–H and O–H groups in total. The summed E-state index contributed by atoms with van der Waals surface area (Å²) in [6, 6.07) is 8.15. The van der Waals surface area contributed by atoms with E-state index in [-0.39, 0.29) is 35.0 Å². The molecule has 0 spiro atoms. The smallest absolute Gasteiger partial charge is 0.376 e. The van der Waals surface area contributed by atoms with E-state index in [2.05, 4.69) is 5.32 Å². The summed E-state index contributed by atoms with van der Waals surface area (Å²) in [6.07, 6.45) is -3.00. The average molecular weight is 418 g/mol. The minimum absolute atomic E-state index is 0.119. The van der Waals surface area contributed by atoms with Gasteiger partial charge in [-0.25, -0.2) is 0 Å². The molecule has 2 aromatic carbocycles. The van der Waals surface area contributed by atoms with Gasteiger partial charge in [0.15, 0.2) is 0 Å². The van der Waals surface area contributed by atoms with Crippen molar-refractivity contribution in [3.63, 3.8) is 0 Å². The van der Waals surface area contributed by atoms with Gasteiger partial charge in [0, 0.05) is 17.9 Å². The minimum Gasteiger partial charge on any atom is -0.376 e. The molecule has 0 aromatic heterocycles. The molecule has 0 unspecified atom stereocenters. The first kappa shape index (κ1) is 20.1. The number of nitrogens with zero attached hydrogens (tertiary/aromatic N) is 1. The van der Waals surface area contributed by atoms with Crippen LogP contribution >= 0.6 is 0 Å². The predicted molar refractivity (Wildman–Crippen MR) is 100 cm³/mol. The van der Waals surface area contributed by atoms with Gasteiger partial charge in [0.2, 0.25) is 0 Å². The van der Waals surface area contributed by atoms with Gasteiger partial charge in [0.1, 0.15) is 0 Å². The predicted octanol–water partition coefficient (Wildman–Crippen LogP) is 3.73. The van der Waals surface area contributed by atoms with Gasteiger partial charge in [0.25, 0.3) is 17.7 Å². The second-order valence-corrected chi connectivity index (χ2v) is 7.15. The Labute approximate surface area is 169 Å². The molecule has 156 valence electrons. The number of halogens is 3. The third kappa shape index (κ3) is 3.80. The maximum atomic E-state index is 12.7. The maximum Gasteiger partial charge on any atom is 0.416 e. The lowest BCUT2D eigenvalue weighted by Gasteiger charge is -2.17. The van der Waals surface area contributed by atoms with E-state index in [4.69, 9.17) is 4.74 Å². The second kappa shape index (κ2) is 7.56. The molecule has 0 radical (unpaired) electrons. The molecule has 3 amide bonds. The molecule has 9 heteroatoms. The van der Waals surface area contributed by atoms with Crippen LogP contribution in [0.5, 0.6) is 0 Å².